The third kappa shape index (κ3) is 2.66. The average molecular weight is 230 g/mol. The van der Waals surface area contributed by atoms with E-state index < -0.39 is 0 Å². The highest BCUT2D eigenvalue weighted by Crippen LogP contribution is 2.29. The van der Waals surface area contributed by atoms with Crippen LogP contribution in [-0.4, -0.2) is 12.1 Å². The van der Waals surface area contributed by atoms with Gasteiger partial charge in [0.1, 0.15) is 5.75 Å². The number of aromatic nitrogens is 1. The maximum atomic E-state index is 5.85. The Balaban J connectivity index is 2.24. The minimum atomic E-state index is 0.521. The monoisotopic (exact) mass is 230 g/mol. The number of nitrogens with zero attached hydrogens (tertiary/aromatic N) is 1. The van der Waals surface area contributed by atoms with Crippen molar-refractivity contribution in [3.63, 3.8) is 0 Å². The zero-order valence-corrected chi connectivity index (χ0v) is 9.81. The van der Waals surface area contributed by atoms with E-state index in [1.54, 1.807) is 31.4 Å². The van der Waals surface area contributed by atoms with Gasteiger partial charge in [-0.15, -0.1) is 0 Å². The van der Waals surface area contributed by atoms with Gasteiger partial charge < -0.3 is 15.2 Å². The number of nitrogens with two attached hydrogens (primary N) is 1. The third-order valence-corrected chi connectivity index (χ3v) is 2.29. The van der Waals surface area contributed by atoms with Gasteiger partial charge in [-0.3, -0.25) is 0 Å². The van der Waals surface area contributed by atoms with Gasteiger partial charge in [0.2, 0.25) is 5.88 Å². The summed E-state index contributed by atoms with van der Waals surface area (Å²) in [6.45, 7) is 1.91. The molecule has 0 spiro atoms. The largest absolute Gasteiger partial charge is 0.497 e. The van der Waals surface area contributed by atoms with Gasteiger partial charge >= 0.3 is 0 Å². The van der Waals surface area contributed by atoms with Crippen molar-refractivity contribution in [2.24, 2.45) is 0 Å². The van der Waals surface area contributed by atoms with E-state index in [-0.39, 0.29) is 0 Å². The molecule has 1 aromatic heterocycles. The van der Waals surface area contributed by atoms with E-state index in [1.807, 2.05) is 19.1 Å². The quantitative estimate of drug-likeness (QED) is 0.824. The third-order valence-electron chi connectivity index (χ3n) is 2.29. The molecule has 1 aromatic carbocycles. The summed E-state index contributed by atoms with van der Waals surface area (Å²) in [7, 11) is 1.59. The number of benzene rings is 1. The molecule has 0 aliphatic rings. The van der Waals surface area contributed by atoms with Crippen molar-refractivity contribution in [2.75, 3.05) is 12.8 Å². The lowest BCUT2D eigenvalue weighted by atomic mass is 10.3. The molecule has 0 unspecified atom stereocenters. The molecule has 0 aliphatic heterocycles. The molecule has 0 fully saturated rings. The molecule has 17 heavy (non-hydrogen) atoms. The maximum absolute atomic E-state index is 5.85. The number of rotatable bonds is 3. The highest BCUT2D eigenvalue weighted by molar-refractivity contribution is 5.57. The maximum Gasteiger partial charge on any atom is 0.219 e. The van der Waals surface area contributed by atoms with Gasteiger partial charge in [-0.2, -0.15) is 0 Å². The first-order chi connectivity index (χ1) is 8.19. The second-order valence-electron chi connectivity index (χ2n) is 3.62. The normalized spacial score (nSPS) is 10.0. The molecule has 0 atom stereocenters. The lowest BCUT2D eigenvalue weighted by Crippen LogP contribution is -1.95. The van der Waals surface area contributed by atoms with Crippen LogP contribution < -0.4 is 15.2 Å². The average Bonchev–Trinajstić information content (AvgIpc) is 2.32. The highest BCUT2D eigenvalue weighted by atomic mass is 16.5. The molecule has 4 nitrogen and oxygen atoms in total. The van der Waals surface area contributed by atoms with E-state index in [0.29, 0.717) is 23.1 Å². The topological polar surface area (TPSA) is 57.4 Å². The Labute approximate surface area is 100 Å². The fourth-order valence-corrected chi connectivity index (χ4v) is 1.43. The molecule has 2 rings (SSSR count). The summed E-state index contributed by atoms with van der Waals surface area (Å²) in [5.41, 5.74) is 7.27. The summed E-state index contributed by atoms with van der Waals surface area (Å²) < 4.78 is 10.7. The molecule has 0 saturated heterocycles. The summed E-state index contributed by atoms with van der Waals surface area (Å²) >= 11 is 0. The van der Waals surface area contributed by atoms with Crippen LogP contribution in [-0.2, 0) is 0 Å². The summed E-state index contributed by atoms with van der Waals surface area (Å²) in [5.74, 6) is 1.80. The van der Waals surface area contributed by atoms with Crippen LogP contribution in [0.3, 0.4) is 0 Å². The van der Waals surface area contributed by atoms with Gasteiger partial charge in [0.25, 0.3) is 0 Å². The van der Waals surface area contributed by atoms with Gasteiger partial charge in [-0.25, -0.2) is 4.98 Å². The van der Waals surface area contributed by atoms with Gasteiger partial charge in [-0.05, 0) is 25.1 Å². The molecule has 1 heterocycles. The molecule has 0 radical (unpaired) electrons. The molecule has 2 N–H and O–H groups in total. The minimum Gasteiger partial charge on any atom is -0.497 e. The fraction of sp³-hybridized carbons (Fsp3) is 0.154. The van der Waals surface area contributed by atoms with Crippen molar-refractivity contribution in [1.82, 2.24) is 4.98 Å². The molecule has 88 valence electrons. The molecule has 0 aliphatic carbocycles. The van der Waals surface area contributed by atoms with Crippen LogP contribution in [0.2, 0.25) is 0 Å². The standard InChI is InChI=1S/C13H14N2O2/c1-9-4-3-5-13(15-9)17-12-7-6-10(16-2)8-11(12)14/h3-8H,14H2,1-2H3. The SMILES string of the molecule is COc1ccc(Oc2cccc(C)n2)c(N)c1. The Morgan fingerprint density at radius 1 is 1.18 bits per heavy atom. The minimum absolute atomic E-state index is 0.521. The van der Waals surface area contributed by atoms with E-state index in [2.05, 4.69) is 4.98 Å². The highest BCUT2D eigenvalue weighted by Gasteiger charge is 2.04. The molecule has 0 amide bonds. The first kappa shape index (κ1) is 11.3. The first-order valence-corrected chi connectivity index (χ1v) is 5.24. The second-order valence-corrected chi connectivity index (χ2v) is 3.62. The van der Waals surface area contributed by atoms with Crippen LogP contribution in [0.15, 0.2) is 36.4 Å². The molecule has 4 heteroatoms. The summed E-state index contributed by atoms with van der Waals surface area (Å²) in [6.07, 6.45) is 0. The Morgan fingerprint density at radius 2 is 2.00 bits per heavy atom. The number of anilines is 1. The van der Waals surface area contributed by atoms with Gasteiger partial charge in [0.15, 0.2) is 5.75 Å². The molecular weight excluding hydrogens is 216 g/mol. The van der Waals surface area contributed by atoms with Crippen LogP contribution >= 0.6 is 0 Å². The lowest BCUT2D eigenvalue weighted by molar-refractivity contribution is 0.412. The van der Waals surface area contributed by atoms with E-state index >= 15 is 0 Å². The van der Waals surface area contributed by atoms with Crippen molar-refractivity contribution >= 4 is 5.69 Å². The smallest absolute Gasteiger partial charge is 0.219 e. The predicted octanol–water partition coefficient (Wildman–Crippen LogP) is 2.77. The number of ether oxygens (including phenoxy) is 2. The zero-order chi connectivity index (χ0) is 12.3. The predicted molar refractivity (Wildman–Crippen MR) is 66.5 cm³/mol. The Hall–Kier alpha value is -2.23. The van der Waals surface area contributed by atoms with Crippen molar-refractivity contribution in [3.8, 4) is 17.4 Å². The fourth-order valence-electron chi connectivity index (χ4n) is 1.43. The number of pyridine rings is 1. The van der Waals surface area contributed by atoms with Crippen LogP contribution in [0.25, 0.3) is 0 Å². The van der Waals surface area contributed by atoms with Crippen LogP contribution in [0.5, 0.6) is 17.4 Å². The van der Waals surface area contributed by atoms with Crippen molar-refractivity contribution in [3.05, 3.63) is 42.1 Å². The Bertz CT molecular complexity index is 527. The van der Waals surface area contributed by atoms with Crippen LogP contribution in [0.1, 0.15) is 5.69 Å². The van der Waals surface area contributed by atoms with Crippen molar-refractivity contribution in [2.45, 2.75) is 6.92 Å². The molecule has 0 bridgehead atoms. The van der Waals surface area contributed by atoms with Crippen LogP contribution in [0.4, 0.5) is 5.69 Å². The van der Waals surface area contributed by atoms with E-state index in [0.717, 1.165) is 5.69 Å². The van der Waals surface area contributed by atoms with Crippen molar-refractivity contribution in [1.29, 1.82) is 0 Å². The molecular formula is C13H14N2O2. The Morgan fingerprint density at radius 3 is 2.65 bits per heavy atom. The molecule has 2 aromatic rings. The lowest BCUT2D eigenvalue weighted by Gasteiger charge is -2.09. The number of methoxy groups -OCH3 is 1. The van der Waals surface area contributed by atoms with Crippen molar-refractivity contribution < 1.29 is 9.47 Å². The van der Waals surface area contributed by atoms with Gasteiger partial charge in [0.05, 0.1) is 12.8 Å². The first-order valence-electron chi connectivity index (χ1n) is 5.24. The summed E-state index contributed by atoms with van der Waals surface area (Å²) in [5, 5.41) is 0. The van der Waals surface area contributed by atoms with E-state index in [4.69, 9.17) is 15.2 Å². The molecule has 0 saturated carbocycles. The summed E-state index contributed by atoms with van der Waals surface area (Å²) in [6, 6.07) is 10.9. The number of aryl methyl sites for hydroxylation is 1. The van der Waals surface area contributed by atoms with Gasteiger partial charge in [0, 0.05) is 17.8 Å². The van der Waals surface area contributed by atoms with Crippen LogP contribution in [0, 0.1) is 6.92 Å². The Kier molecular flexibility index (Phi) is 3.14. The number of hydrogen-bond donors (Lipinski definition) is 1. The van der Waals surface area contributed by atoms with E-state index in [9.17, 15) is 0 Å². The number of nitrogen functional groups attached to an aromatic ring is 1. The van der Waals surface area contributed by atoms with Gasteiger partial charge in [-0.1, -0.05) is 6.07 Å². The number of hydrogen-bond acceptors (Lipinski definition) is 4. The zero-order valence-electron chi connectivity index (χ0n) is 9.81. The summed E-state index contributed by atoms with van der Waals surface area (Å²) in [4.78, 5) is 4.24. The van der Waals surface area contributed by atoms with E-state index in [1.165, 1.54) is 0 Å². The second kappa shape index (κ2) is 4.74.